The van der Waals surface area contributed by atoms with Gasteiger partial charge >= 0.3 is 0 Å². The number of benzene rings is 1. The molecule has 1 aromatic carbocycles. The molecule has 0 aliphatic heterocycles. The van der Waals surface area contributed by atoms with Crippen molar-refractivity contribution in [3.8, 4) is 0 Å². The summed E-state index contributed by atoms with van der Waals surface area (Å²) in [5.41, 5.74) is 1.01. The van der Waals surface area contributed by atoms with Crippen LogP contribution in [0.15, 0.2) is 34.2 Å². The van der Waals surface area contributed by atoms with E-state index in [2.05, 4.69) is 22.5 Å². The van der Waals surface area contributed by atoms with Crippen LogP contribution in [0.4, 0.5) is 0 Å². The molecule has 1 saturated carbocycles. The van der Waals surface area contributed by atoms with Gasteiger partial charge in [-0.1, -0.05) is 19.1 Å². The summed E-state index contributed by atoms with van der Waals surface area (Å²) >= 11 is 0. The van der Waals surface area contributed by atoms with Crippen LogP contribution in [0.25, 0.3) is 0 Å². The molecule has 0 aromatic heterocycles. The fourth-order valence-corrected chi connectivity index (χ4v) is 3.67. The fraction of sp³-hybridized carbons (Fsp3) is 0.588. The molecule has 2 rings (SSSR count). The van der Waals surface area contributed by atoms with Gasteiger partial charge in [-0.3, -0.25) is 4.99 Å². The molecule has 2 atom stereocenters. The number of aliphatic imine (C=N–C) groups is 1. The number of sulfonamides is 1. The summed E-state index contributed by atoms with van der Waals surface area (Å²) in [7, 11) is -0.0769. The topological polar surface area (TPSA) is 73.8 Å². The Morgan fingerprint density at radius 3 is 2.38 bits per heavy atom. The van der Waals surface area contributed by atoms with E-state index in [4.69, 9.17) is 0 Å². The van der Waals surface area contributed by atoms with Gasteiger partial charge in [0.25, 0.3) is 0 Å². The van der Waals surface area contributed by atoms with Crippen molar-refractivity contribution in [1.82, 2.24) is 14.9 Å². The first-order valence-corrected chi connectivity index (χ1v) is 9.74. The van der Waals surface area contributed by atoms with Crippen molar-refractivity contribution >= 4 is 16.0 Å². The first kappa shape index (κ1) is 18.7. The molecule has 0 spiro atoms. The van der Waals surface area contributed by atoms with Crippen LogP contribution in [-0.4, -0.2) is 44.9 Å². The van der Waals surface area contributed by atoms with Crippen LogP contribution in [-0.2, 0) is 16.6 Å². The zero-order valence-corrected chi connectivity index (χ0v) is 15.9. The molecule has 0 saturated heterocycles. The summed E-state index contributed by atoms with van der Waals surface area (Å²) in [5, 5.41) is 6.62. The summed E-state index contributed by atoms with van der Waals surface area (Å²) in [6, 6.07) is 7.42. The summed E-state index contributed by atoms with van der Waals surface area (Å²) in [6.07, 6.45) is 1.18. The number of hydrogen-bond donors (Lipinski definition) is 2. The second kappa shape index (κ2) is 7.53. The van der Waals surface area contributed by atoms with Gasteiger partial charge in [0.1, 0.15) is 0 Å². The van der Waals surface area contributed by atoms with Gasteiger partial charge in [0.15, 0.2) is 5.96 Å². The quantitative estimate of drug-likeness (QED) is 0.605. The molecule has 0 heterocycles. The summed E-state index contributed by atoms with van der Waals surface area (Å²) < 4.78 is 26.3. The lowest BCUT2D eigenvalue weighted by Gasteiger charge is -2.21. The van der Waals surface area contributed by atoms with E-state index in [9.17, 15) is 8.42 Å². The lowest BCUT2D eigenvalue weighted by Crippen LogP contribution is -2.38. The molecular weight excluding hydrogens is 324 g/mol. The zero-order valence-electron chi connectivity index (χ0n) is 15.1. The molecule has 0 radical (unpaired) electrons. The summed E-state index contributed by atoms with van der Waals surface area (Å²) in [6.45, 7) is 6.52. The smallest absolute Gasteiger partial charge is 0.243 e. The lowest BCUT2D eigenvalue weighted by atomic mass is 10.2. The Morgan fingerprint density at radius 1 is 1.33 bits per heavy atom. The highest BCUT2D eigenvalue weighted by Gasteiger charge is 2.33. The third kappa shape index (κ3) is 4.48. The third-order valence-corrected chi connectivity index (χ3v) is 6.49. The van der Waals surface area contributed by atoms with Gasteiger partial charge in [-0.05, 0) is 43.9 Å². The average molecular weight is 353 g/mol. The van der Waals surface area contributed by atoms with Crippen LogP contribution in [0.2, 0.25) is 0 Å². The maximum atomic E-state index is 12.4. The maximum Gasteiger partial charge on any atom is 0.243 e. The molecule has 134 valence electrons. The number of rotatable bonds is 6. The standard InChI is InChI=1S/C17H28N4O2S/c1-12(2)21(5)24(22,23)15-8-6-14(7-9-15)11-19-17(18-4)20-16-10-13(16)3/h6-9,12-13,16H,10-11H2,1-5H3,(H2,18,19,20). The van der Waals surface area contributed by atoms with E-state index in [0.29, 0.717) is 23.4 Å². The van der Waals surface area contributed by atoms with Crippen LogP contribution in [0.5, 0.6) is 0 Å². The highest BCUT2D eigenvalue weighted by molar-refractivity contribution is 7.89. The van der Waals surface area contributed by atoms with Crippen molar-refractivity contribution in [3.63, 3.8) is 0 Å². The molecule has 0 amide bonds. The van der Waals surface area contributed by atoms with E-state index in [1.165, 1.54) is 10.7 Å². The Hall–Kier alpha value is -1.60. The van der Waals surface area contributed by atoms with Crippen molar-refractivity contribution in [3.05, 3.63) is 29.8 Å². The SMILES string of the molecule is CN=C(NCc1ccc(S(=O)(=O)N(C)C(C)C)cc1)NC1CC1C. The van der Waals surface area contributed by atoms with Gasteiger partial charge in [-0.25, -0.2) is 8.42 Å². The largest absolute Gasteiger partial charge is 0.353 e. The van der Waals surface area contributed by atoms with Gasteiger partial charge in [-0.15, -0.1) is 0 Å². The van der Waals surface area contributed by atoms with Gasteiger partial charge in [0.05, 0.1) is 4.90 Å². The van der Waals surface area contributed by atoms with Crippen molar-refractivity contribution < 1.29 is 8.42 Å². The molecule has 2 N–H and O–H groups in total. The van der Waals surface area contributed by atoms with Crippen LogP contribution in [0, 0.1) is 5.92 Å². The predicted molar refractivity (Wildman–Crippen MR) is 97.4 cm³/mol. The Bertz CT molecular complexity index is 683. The van der Waals surface area contributed by atoms with Crippen molar-refractivity contribution in [2.75, 3.05) is 14.1 Å². The Labute approximate surface area is 145 Å². The zero-order chi connectivity index (χ0) is 17.9. The van der Waals surface area contributed by atoms with Crippen molar-refractivity contribution in [2.45, 2.75) is 50.7 Å². The van der Waals surface area contributed by atoms with Gasteiger partial charge < -0.3 is 10.6 Å². The van der Waals surface area contributed by atoms with Gasteiger partial charge in [-0.2, -0.15) is 4.31 Å². The van der Waals surface area contributed by atoms with Gasteiger partial charge in [0.2, 0.25) is 10.0 Å². The van der Waals surface area contributed by atoms with E-state index >= 15 is 0 Å². The molecule has 7 heteroatoms. The second-order valence-corrected chi connectivity index (χ2v) is 8.65. The Morgan fingerprint density at radius 2 is 1.92 bits per heavy atom. The minimum absolute atomic E-state index is 0.0736. The predicted octanol–water partition coefficient (Wildman–Crippen LogP) is 1.79. The van der Waals surface area contributed by atoms with Crippen LogP contribution >= 0.6 is 0 Å². The number of nitrogens with one attached hydrogen (secondary N) is 2. The van der Waals surface area contributed by atoms with E-state index in [-0.39, 0.29) is 6.04 Å². The normalized spacial score (nSPS) is 21.2. The third-order valence-electron chi connectivity index (χ3n) is 4.44. The Kier molecular flexibility index (Phi) is 5.87. The first-order valence-electron chi connectivity index (χ1n) is 8.30. The second-order valence-electron chi connectivity index (χ2n) is 6.65. The van der Waals surface area contributed by atoms with Crippen LogP contribution < -0.4 is 10.6 Å². The summed E-state index contributed by atoms with van der Waals surface area (Å²) in [5.74, 6) is 1.48. The summed E-state index contributed by atoms with van der Waals surface area (Å²) in [4.78, 5) is 4.53. The molecule has 24 heavy (non-hydrogen) atoms. The first-order chi connectivity index (χ1) is 11.3. The highest BCUT2D eigenvalue weighted by Crippen LogP contribution is 2.28. The average Bonchev–Trinajstić information content (AvgIpc) is 3.25. The molecule has 0 bridgehead atoms. The molecular formula is C17H28N4O2S. The molecule has 2 unspecified atom stereocenters. The van der Waals surface area contributed by atoms with Crippen LogP contribution in [0.1, 0.15) is 32.8 Å². The van der Waals surface area contributed by atoms with E-state index in [1.807, 2.05) is 26.0 Å². The molecule has 1 aliphatic carbocycles. The molecule has 1 aromatic rings. The van der Waals surface area contributed by atoms with Crippen molar-refractivity contribution in [2.24, 2.45) is 10.9 Å². The van der Waals surface area contributed by atoms with E-state index < -0.39 is 10.0 Å². The van der Waals surface area contributed by atoms with Crippen molar-refractivity contribution in [1.29, 1.82) is 0 Å². The van der Waals surface area contributed by atoms with E-state index in [0.717, 1.165) is 11.5 Å². The molecule has 1 aliphatic rings. The maximum absolute atomic E-state index is 12.4. The lowest BCUT2D eigenvalue weighted by molar-refractivity contribution is 0.410. The molecule has 1 fully saturated rings. The van der Waals surface area contributed by atoms with Gasteiger partial charge in [0, 0.05) is 32.7 Å². The minimum Gasteiger partial charge on any atom is -0.353 e. The highest BCUT2D eigenvalue weighted by atomic mass is 32.2. The minimum atomic E-state index is -3.43. The number of hydrogen-bond acceptors (Lipinski definition) is 3. The number of nitrogens with zero attached hydrogens (tertiary/aromatic N) is 2. The van der Waals surface area contributed by atoms with Crippen LogP contribution in [0.3, 0.4) is 0 Å². The number of guanidine groups is 1. The fourth-order valence-electron chi connectivity index (χ4n) is 2.30. The monoisotopic (exact) mass is 352 g/mol. The molecule has 6 nitrogen and oxygen atoms in total. The van der Waals surface area contributed by atoms with E-state index in [1.54, 1.807) is 26.2 Å². The Balaban J connectivity index is 1.97.